The van der Waals surface area contributed by atoms with E-state index in [1.807, 2.05) is 47.4 Å². The van der Waals surface area contributed by atoms with Gasteiger partial charge in [-0.15, -0.1) is 11.3 Å². The summed E-state index contributed by atoms with van der Waals surface area (Å²) >= 11 is 1.35. The van der Waals surface area contributed by atoms with E-state index in [1.54, 1.807) is 25.3 Å². The van der Waals surface area contributed by atoms with Crippen molar-refractivity contribution >= 4 is 23.2 Å². The van der Waals surface area contributed by atoms with Gasteiger partial charge >= 0.3 is 0 Å². The number of carbonyl (C=O) groups is 2. The summed E-state index contributed by atoms with van der Waals surface area (Å²) < 4.78 is 5.49. The molecule has 0 N–H and O–H groups in total. The highest BCUT2D eigenvalue weighted by atomic mass is 32.1. The molecule has 1 fully saturated rings. The first kappa shape index (κ1) is 19.4. The Bertz CT molecular complexity index is 988. The van der Waals surface area contributed by atoms with Crippen LogP contribution in [0.5, 0.6) is 0 Å². The second-order valence-electron chi connectivity index (χ2n) is 7.34. The molecule has 0 spiro atoms. The number of amides is 2. The Balaban J connectivity index is 1.60. The fourth-order valence-electron chi connectivity index (χ4n) is 3.60. The number of carbonyl (C=O) groups excluding carboxylic acids is 2. The Labute approximate surface area is 173 Å². The zero-order chi connectivity index (χ0) is 20.4. The summed E-state index contributed by atoms with van der Waals surface area (Å²) in [6.45, 7) is 1.15. The highest BCUT2D eigenvalue weighted by molar-refractivity contribution is 7.17. The molecule has 1 aromatic carbocycles. The average Bonchev–Trinajstić information content (AvgIpc) is 3.43. The molecule has 0 saturated carbocycles. The van der Waals surface area contributed by atoms with Crippen LogP contribution in [0.25, 0.3) is 22.0 Å². The predicted molar refractivity (Wildman–Crippen MR) is 113 cm³/mol. The van der Waals surface area contributed by atoms with Crippen LogP contribution in [0.15, 0.2) is 53.1 Å². The quantitative estimate of drug-likeness (QED) is 0.653. The summed E-state index contributed by atoms with van der Waals surface area (Å²) in [6, 6.07) is 13.4. The monoisotopic (exact) mass is 409 g/mol. The van der Waals surface area contributed by atoms with Crippen LogP contribution in [0, 0.1) is 5.92 Å². The Hall–Kier alpha value is -2.93. The summed E-state index contributed by atoms with van der Waals surface area (Å²) in [5, 5.41) is 0.690. The van der Waals surface area contributed by atoms with E-state index in [0.29, 0.717) is 47.3 Å². The van der Waals surface area contributed by atoms with Crippen molar-refractivity contribution in [3.8, 4) is 22.0 Å². The molecule has 4 rings (SSSR count). The minimum absolute atomic E-state index is 0.0113. The van der Waals surface area contributed by atoms with E-state index in [2.05, 4.69) is 0 Å². The summed E-state index contributed by atoms with van der Waals surface area (Å²) in [6.07, 6.45) is 2.98. The third-order valence-corrected chi connectivity index (χ3v) is 6.23. The van der Waals surface area contributed by atoms with Crippen LogP contribution in [-0.2, 0) is 4.79 Å². The summed E-state index contributed by atoms with van der Waals surface area (Å²) in [7, 11) is 3.55. The first-order valence-electron chi connectivity index (χ1n) is 9.65. The van der Waals surface area contributed by atoms with E-state index in [9.17, 15) is 9.59 Å². The van der Waals surface area contributed by atoms with Crippen molar-refractivity contribution in [1.29, 1.82) is 0 Å². The summed E-state index contributed by atoms with van der Waals surface area (Å²) in [5.41, 5.74) is 1.58. The third-order valence-electron chi connectivity index (χ3n) is 5.17. The number of thiazole rings is 1. The van der Waals surface area contributed by atoms with Gasteiger partial charge < -0.3 is 14.2 Å². The van der Waals surface area contributed by atoms with Gasteiger partial charge in [-0.3, -0.25) is 9.59 Å². The lowest BCUT2D eigenvalue weighted by Crippen LogP contribution is -2.42. The average molecular weight is 410 g/mol. The zero-order valence-corrected chi connectivity index (χ0v) is 17.3. The van der Waals surface area contributed by atoms with E-state index in [1.165, 1.54) is 11.3 Å². The Kier molecular flexibility index (Phi) is 5.49. The summed E-state index contributed by atoms with van der Waals surface area (Å²) in [5.74, 6) is 0.749. The minimum atomic E-state index is -0.0325. The Morgan fingerprint density at radius 1 is 1.10 bits per heavy atom. The molecule has 1 aliphatic rings. The molecule has 1 saturated heterocycles. The van der Waals surface area contributed by atoms with Crippen molar-refractivity contribution in [2.45, 2.75) is 12.8 Å². The maximum Gasteiger partial charge on any atom is 0.266 e. The maximum atomic E-state index is 13.4. The molecule has 3 heterocycles. The van der Waals surface area contributed by atoms with Crippen molar-refractivity contribution in [3.63, 3.8) is 0 Å². The smallest absolute Gasteiger partial charge is 0.266 e. The minimum Gasteiger partial charge on any atom is -0.462 e. The van der Waals surface area contributed by atoms with Gasteiger partial charge in [0.25, 0.3) is 5.91 Å². The highest BCUT2D eigenvalue weighted by Gasteiger charge is 2.31. The lowest BCUT2D eigenvalue weighted by Gasteiger charge is -2.32. The number of rotatable bonds is 4. The van der Waals surface area contributed by atoms with Gasteiger partial charge in [-0.05, 0) is 25.0 Å². The van der Waals surface area contributed by atoms with Gasteiger partial charge in [0.05, 0.1) is 12.0 Å². The zero-order valence-electron chi connectivity index (χ0n) is 16.5. The molecule has 0 bridgehead atoms. The van der Waals surface area contributed by atoms with E-state index in [-0.39, 0.29) is 17.7 Å². The largest absolute Gasteiger partial charge is 0.462 e. The van der Waals surface area contributed by atoms with Gasteiger partial charge in [-0.1, -0.05) is 30.3 Å². The van der Waals surface area contributed by atoms with Gasteiger partial charge in [0.15, 0.2) is 10.8 Å². The fourth-order valence-corrected chi connectivity index (χ4v) is 4.62. The number of hydrogen-bond acceptors (Lipinski definition) is 5. The topological polar surface area (TPSA) is 66.7 Å². The summed E-state index contributed by atoms with van der Waals surface area (Å²) in [4.78, 5) is 34.4. The molecular formula is C22H23N3O3S. The van der Waals surface area contributed by atoms with Crippen LogP contribution >= 0.6 is 11.3 Å². The molecule has 3 aromatic rings. The molecule has 2 aromatic heterocycles. The molecule has 0 atom stereocenters. The van der Waals surface area contributed by atoms with Crippen LogP contribution in [0.4, 0.5) is 0 Å². The second-order valence-corrected chi connectivity index (χ2v) is 8.34. The van der Waals surface area contributed by atoms with E-state index < -0.39 is 0 Å². The Morgan fingerprint density at radius 2 is 1.83 bits per heavy atom. The number of aromatic nitrogens is 1. The molecular weight excluding hydrogens is 386 g/mol. The van der Waals surface area contributed by atoms with Gasteiger partial charge in [-0.25, -0.2) is 4.98 Å². The molecule has 6 nitrogen and oxygen atoms in total. The molecule has 1 aliphatic heterocycles. The van der Waals surface area contributed by atoms with E-state index >= 15 is 0 Å². The third kappa shape index (κ3) is 3.96. The van der Waals surface area contributed by atoms with Crippen molar-refractivity contribution in [2.24, 2.45) is 5.92 Å². The molecule has 2 amide bonds. The van der Waals surface area contributed by atoms with Crippen LogP contribution in [0.2, 0.25) is 0 Å². The van der Waals surface area contributed by atoms with Gasteiger partial charge in [0, 0.05) is 38.7 Å². The fraction of sp³-hybridized carbons (Fsp3) is 0.318. The number of nitrogens with zero attached hydrogens (tertiary/aromatic N) is 3. The first-order chi connectivity index (χ1) is 14.0. The molecule has 0 unspecified atom stereocenters. The Morgan fingerprint density at radius 3 is 2.45 bits per heavy atom. The molecule has 7 heteroatoms. The van der Waals surface area contributed by atoms with Gasteiger partial charge in [0.2, 0.25) is 5.91 Å². The van der Waals surface area contributed by atoms with Crippen LogP contribution in [0.1, 0.15) is 22.5 Å². The SMILES string of the molecule is CN(C)C(=O)C1CCN(C(=O)c2sc(-c3ccco3)nc2-c2ccccc2)CC1. The molecule has 0 radical (unpaired) electrons. The lowest BCUT2D eigenvalue weighted by atomic mass is 9.95. The van der Waals surface area contributed by atoms with Gasteiger partial charge in [0.1, 0.15) is 4.88 Å². The number of furan rings is 1. The van der Waals surface area contributed by atoms with Crippen molar-refractivity contribution < 1.29 is 14.0 Å². The predicted octanol–water partition coefficient (Wildman–Crippen LogP) is 4.01. The van der Waals surface area contributed by atoms with E-state index in [0.717, 1.165) is 5.56 Å². The second kappa shape index (κ2) is 8.21. The van der Waals surface area contributed by atoms with Crippen LogP contribution in [0.3, 0.4) is 0 Å². The van der Waals surface area contributed by atoms with Crippen LogP contribution in [-0.4, -0.2) is 53.8 Å². The van der Waals surface area contributed by atoms with Crippen molar-refractivity contribution in [1.82, 2.24) is 14.8 Å². The van der Waals surface area contributed by atoms with Crippen LogP contribution < -0.4 is 0 Å². The number of likely N-dealkylation sites (tertiary alicyclic amines) is 1. The number of hydrogen-bond donors (Lipinski definition) is 0. The molecule has 29 heavy (non-hydrogen) atoms. The molecule has 0 aliphatic carbocycles. The highest BCUT2D eigenvalue weighted by Crippen LogP contribution is 2.35. The molecule has 150 valence electrons. The first-order valence-corrected chi connectivity index (χ1v) is 10.5. The number of benzene rings is 1. The maximum absolute atomic E-state index is 13.4. The normalized spacial score (nSPS) is 14.8. The lowest BCUT2D eigenvalue weighted by molar-refractivity contribution is -0.134. The van der Waals surface area contributed by atoms with E-state index in [4.69, 9.17) is 9.40 Å². The van der Waals surface area contributed by atoms with Crippen molar-refractivity contribution in [3.05, 3.63) is 53.6 Å². The van der Waals surface area contributed by atoms with Gasteiger partial charge in [-0.2, -0.15) is 0 Å². The number of piperidine rings is 1. The standard InChI is InChI=1S/C22H23N3O3S/c1-24(2)21(26)16-10-12-25(13-11-16)22(27)19-18(15-7-4-3-5-8-15)23-20(29-19)17-9-6-14-28-17/h3-9,14,16H,10-13H2,1-2H3. The van der Waals surface area contributed by atoms with Crippen molar-refractivity contribution in [2.75, 3.05) is 27.2 Å².